The van der Waals surface area contributed by atoms with E-state index in [1.54, 1.807) is 29.8 Å². The molecule has 1 N–H and O–H groups in total. The van der Waals surface area contributed by atoms with Crippen LogP contribution in [0, 0.1) is 10.1 Å². The van der Waals surface area contributed by atoms with Gasteiger partial charge in [-0.2, -0.15) is 9.38 Å². The standard InChI is InChI=1S/C15H15N5O4S2/c21-20(22)14-13(17-15-18(14)6-7-25-15)16-10-11-3-1-4-12(9-11)19-5-2-8-26(19,23)24/h1,3-4,6-7,9,16H,2,5,8,10H2. The van der Waals surface area contributed by atoms with Crippen molar-refractivity contribution in [1.82, 2.24) is 9.38 Å². The van der Waals surface area contributed by atoms with Crippen LogP contribution in [0.3, 0.4) is 0 Å². The van der Waals surface area contributed by atoms with Crippen LogP contribution in [-0.2, 0) is 16.6 Å². The van der Waals surface area contributed by atoms with Gasteiger partial charge in [-0.15, -0.1) is 0 Å². The van der Waals surface area contributed by atoms with Crippen molar-refractivity contribution in [3.63, 3.8) is 0 Å². The van der Waals surface area contributed by atoms with Crippen LogP contribution >= 0.6 is 11.3 Å². The maximum Gasteiger partial charge on any atom is 0.372 e. The summed E-state index contributed by atoms with van der Waals surface area (Å²) in [5.74, 6) is 0.244. The zero-order valence-corrected chi connectivity index (χ0v) is 15.2. The predicted octanol–water partition coefficient (Wildman–Crippen LogP) is 2.46. The van der Waals surface area contributed by atoms with Gasteiger partial charge in [-0.25, -0.2) is 8.42 Å². The quantitative estimate of drug-likeness (QED) is 0.527. The number of nitro groups is 1. The maximum atomic E-state index is 12.1. The average Bonchev–Trinajstić information content (AvgIpc) is 3.26. The van der Waals surface area contributed by atoms with Gasteiger partial charge in [0.1, 0.15) is 6.20 Å². The minimum absolute atomic E-state index is 0.112. The summed E-state index contributed by atoms with van der Waals surface area (Å²) in [7, 11) is -3.24. The first-order valence-corrected chi connectivity index (χ1v) is 10.4. The highest BCUT2D eigenvalue weighted by Gasteiger charge is 2.28. The number of nitrogens with one attached hydrogen (secondary N) is 1. The van der Waals surface area contributed by atoms with Crippen molar-refractivity contribution < 1.29 is 13.3 Å². The number of hydrogen-bond acceptors (Lipinski definition) is 7. The number of nitrogens with zero attached hydrogens (tertiary/aromatic N) is 4. The molecule has 0 radical (unpaired) electrons. The number of thiazole rings is 1. The largest absolute Gasteiger partial charge is 0.372 e. The molecule has 11 heteroatoms. The topological polar surface area (TPSA) is 110 Å². The van der Waals surface area contributed by atoms with E-state index in [4.69, 9.17) is 0 Å². The number of hydrogen-bond donors (Lipinski definition) is 1. The molecule has 1 saturated heterocycles. The molecular weight excluding hydrogens is 378 g/mol. The van der Waals surface area contributed by atoms with Crippen molar-refractivity contribution in [3.05, 3.63) is 51.5 Å². The van der Waals surface area contributed by atoms with Crippen molar-refractivity contribution in [1.29, 1.82) is 0 Å². The molecule has 26 heavy (non-hydrogen) atoms. The lowest BCUT2D eigenvalue weighted by Gasteiger charge is -2.17. The Labute approximate surface area is 153 Å². The lowest BCUT2D eigenvalue weighted by Crippen LogP contribution is -2.25. The van der Waals surface area contributed by atoms with Gasteiger partial charge in [0.15, 0.2) is 0 Å². The van der Waals surface area contributed by atoms with Gasteiger partial charge in [0, 0.05) is 18.5 Å². The zero-order valence-electron chi connectivity index (χ0n) is 13.5. The number of benzene rings is 1. The van der Waals surface area contributed by atoms with Crippen LogP contribution in [-0.4, -0.2) is 35.0 Å². The van der Waals surface area contributed by atoms with Crippen LogP contribution in [0.15, 0.2) is 35.8 Å². The highest BCUT2D eigenvalue weighted by Crippen LogP contribution is 2.29. The van der Waals surface area contributed by atoms with E-state index >= 15 is 0 Å². The third-order valence-electron chi connectivity index (χ3n) is 4.17. The minimum Gasteiger partial charge on any atom is -0.359 e. The monoisotopic (exact) mass is 393 g/mol. The predicted molar refractivity (Wildman–Crippen MR) is 99.2 cm³/mol. The van der Waals surface area contributed by atoms with Crippen molar-refractivity contribution in [2.45, 2.75) is 13.0 Å². The molecule has 1 aromatic carbocycles. The number of fused-ring (bicyclic) bond motifs is 1. The molecule has 0 saturated carbocycles. The Morgan fingerprint density at radius 1 is 1.38 bits per heavy atom. The second-order valence-electron chi connectivity index (χ2n) is 5.86. The molecule has 9 nitrogen and oxygen atoms in total. The van der Waals surface area contributed by atoms with Gasteiger partial charge in [-0.1, -0.05) is 23.5 Å². The molecule has 136 valence electrons. The zero-order chi connectivity index (χ0) is 18.3. The van der Waals surface area contributed by atoms with E-state index in [9.17, 15) is 18.5 Å². The second kappa shape index (κ2) is 6.25. The summed E-state index contributed by atoms with van der Waals surface area (Å²) in [5.41, 5.74) is 1.43. The van der Waals surface area contributed by atoms with E-state index in [0.29, 0.717) is 30.2 Å². The van der Waals surface area contributed by atoms with Crippen LogP contribution in [0.25, 0.3) is 4.96 Å². The molecule has 0 aliphatic carbocycles. The molecule has 1 fully saturated rings. The molecule has 3 heterocycles. The molecule has 1 aliphatic rings. The molecule has 3 aromatic rings. The van der Waals surface area contributed by atoms with Crippen molar-refractivity contribution >= 4 is 43.6 Å². The van der Waals surface area contributed by atoms with Gasteiger partial charge in [-0.3, -0.25) is 4.31 Å². The van der Waals surface area contributed by atoms with E-state index in [1.165, 1.54) is 20.0 Å². The Balaban J connectivity index is 1.58. The average molecular weight is 393 g/mol. The third-order valence-corrected chi connectivity index (χ3v) is 6.79. The molecule has 0 unspecified atom stereocenters. The first-order chi connectivity index (χ1) is 12.5. The Hall–Kier alpha value is -2.66. The first-order valence-electron chi connectivity index (χ1n) is 7.89. The van der Waals surface area contributed by atoms with Crippen molar-refractivity contribution in [3.8, 4) is 0 Å². The molecule has 0 amide bonds. The van der Waals surface area contributed by atoms with Crippen molar-refractivity contribution in [2.75, 3.05) is 21.9 Å². The van der Waals surface area contributed by atoms with E-state index in [1.807, 2.05) is 6.07 Å². The Kier molecular flexibility index (Phi) is 4.04. The Morgan fingerprint density at radius 2 is 2.23 bits per heavy atom. The normalized spacial score (nSPS) is 16.2. The van der Waals surface area contributed by atoms with Gasteiger partial charge >= 0.3 is 5.82 Å². The number of anilines is 2. The SMILES string of the molecule is O=[N+]([O-])c1c(NCc2cccc(N3CCCS3(=O)=O)c2)nc2sccn12. The summed E-state index contributed by atoms with van der Waals surface area (Å²) < 4.78 is 27.0. The van der Waals surface area contributed by atoms with Crippen LogP contribution in [0.1, 0.15) is 12.0 Å². The summed E-state index contributed by atoms with van der Waals surface area (Å²) in [5, 5.41) is 16.1. The summed E-state index contributed by atoms with van der Waals surface area (Å²) in [6, 6.07) is 7.14. The minimum atomic E-state index is -3.24. The van der Waals surface area contributed by atoms with Gasteiger partial charge in [0.25, 0.3) is 4.96 Å². The number of aromatic nitrogens is 2. The smallest absolute Gasteiger partial charge is 0.359 e. The molecular formula is C15H15N5O4S2. The third kappa shape index (κ3) is 2.88. The molecule has 4 rings (SSSR count). The molecule has 1 aliphatic heterocycles. The Bertz CT molecular complexity index is 1090. The van der Waals surface area contributed by atoms with E-state index in [2.05, 4.69) is 10.3 Å². The van der Waals surface area contributed by atoms with Gasteiger partial charge < -0.3 is 15.4 Å². The van der Waals surface area contributed by atoms with Gasteiger partial charge in [0.05, 0.1) is 11.4 Å². The summed E-state index contributed by atoms with van der Waals surface area (Å²) in [6.45, 7) is 0.773. The number of sulfonamides is 1. The van der Waals surface area contributed by atoms with E-state index < -0.39 is 14.9 Å². The van der Waals surface area contributed by atoms with Crippen LogP contribution < -0.4 is 9.62 Å². The molecule has 2 aromatic heterocycles. The maximum absolute atomic E-state index is 12.1. The highest BCUT2D eigenvalue weighted by molar-refractivity contribution is 7.93. The van der Waals surface area contributed by atoms with Gasteiger partial charge in [-0.05, 0) is 29.0 Å². The fourth-order valence-electron chi connectivity index (χ4n) is 3.00. The second-order valence-corrected chi connectivity index (χ2v) is 8.75. The van der Waals surface area contributed by atoms with Crippen LogP contribution in [0.4, 0.5) is 17.3 Å². The van der Waals surface area contributed by atoms with E-state index in [-0.39, 0.29) is 17.4 Å². The fourth-order valence-corrected chi connectivity index (χ4v) is 5.27. The Morgan fingerprint density at radius 3 is 2.96 bits per heavy atom. The van der Waals surface area contributed by atoms with Crippen LogP contribution in [0.5, 0.6) is 0 Å². The lowest BCUT2D eigenvalue weighted by atomic mass is 10.2. The fraction of sp³-hybridized carbons (Fsp3) is 0.267. The lowest BCUT2D eigenvalue weighted by molar-refractivity contribution is -0.389. The number of rotatable bonds is 5. The van der Waals surface area contributed by atoms with Crippen LogP contribution in [0.2, 0.25) is 0 Å². The molecule has 0 atom stereocenters. The number of imidazole rings is 1. The van der Waals surface area contributed by atoms with Crippen molar-refractivity contribution in [2.24, 2.45) is 0 Å². The molecule has 0 bridgehead atoms. The summed E-state index contributed by atoms with van der Waals surface area (Å²) in [6.07, 6.45) is 2.22. The molecule has 0 spiro atoms. The first kappa shape index (κ1) is 16.8. The summed E-state index contributed by atoms with van der Waals surface area (Å²) in [4.78, 5) is 15.7. The van der Waals surface area contributed by atoms with Gasteiger partial charge in [0.2, 0.25) is 15.8 Å². The summed E-state index contributed by atoms with van der Waals surface area (Å²) >= 11 is 1.31. The highest BCUT2D eigenvalue weighted by atomic mass is 32.2. The van der Waals surface area contributed by atoms with E-state index in [0.717, 1.165) is 5.56 Å².